The van der Waals surface area contributed by atoms with Crippen molar-refractivity contribution >= 4 is 5.78 Å². The van der Waals surface area contributed by atoms with Crippen molar-refractivity contribution in [3.63, 3.8) is 0 Å². The second-order valence-corrected chi connectivity index (χ2v) is 4.69. The average molecular weight is 206 g/mol. The zero-order valence-electron chi connectivity index (χ0n) is 9.04. The van der Waals surface area contributed by atoms with Crippen LogP contribution in [0.3, 0.4) is 0 Å². The minimum atomic E-state index is -0.288. The lowest BCUT2D eigenvalue weighted by Gasteiger charge is -2.45. The Morgan fingerprint density at radius 3 is 3.13 bits per heavy atom. The predicted octanol–water partition coefficient (Wildman–Crippen LogP) is 2.38. The topological polar surface area (TPSA) is 37.3 Å². The van der Waals surface area contributed by atoms with E-state index in [2.05, 4.69) is 6.58 Å². The Kier molecular flexibility index (Phi) is 2.79. The molecule has 1 saturated carbocycles. The van der Waals surface area contributed by atoms with Crippen molar-refractivity contribution in [1.82, 2.24) is 0 Å². The second-order valence-electron chi connectivity index (χ2n) is 4.69. The van der Waals surface area contributed by atoms with E-state index in [1.165, 1.54) is 0 Å². The lowest BCUT2D eigenvalue weighted by atomic mass is 9.61. The van der Waals surface area contributed by atoms with E-state index in [-0.39, 0.29) is 17.3 Å². The number of hydrogen-bond acceptors (Lipinski definition) is 2. The van der Waals surface area contributed by atoms with Crippen LogP contribution in [0, 0.1) is 5.41 Å². The summed E-state index contributed by atoms with van der Waals surface area (Å²) in [6.07, 6.45) is 8.36. The maximum Gasteiger partial charge on any atom is 0.155 e. The number of fused-ring (bicyclic) bond motifs is 1. The molecule has 0 amide bonds. The van der Waals surface area contributed by atoms with Crippen LogP contribution < -0.4 is 0 Å². The minimum absolute atomic E-state index is 0.159. The van der Waals surface area contributed by atoms with Crippen LogP contribution in [0.1, 0.15) is 38.5 Å². The van der Waals surface area contributed by atoms with Gasteiger partial charge >= 0.3 is 0 Å². The maximum atomic E-state index is 11.4. The van der Waals surface area contributed by atoms with Crippen molar-refractivity contribution in [2.45, 2.75) is 44.6 Å². The maximum absolute atomic E-state index is 11.4. The third kappa shape index (κ3) is 1.67. The van der Waals surface area contributed by atoms with Crippen LogP contribution in [-0.4, -0.2) is 17.0 Å². The van der Waals surface area contributed by atoms with Crippen LogP contribution in [0.2, 0.25) is 0 Å². The van der Waals surface area contributed by atoms with Crippen molar-refractivity contribution in [2.75, 3.05) is 0 Å². The third-order valence-corrected chi connectivity index (χ3v) is 3.86. The van der Waals surface area contributed by atoms with Crippen molar-refractivity contribution in [1.29, 1.82) is 0 Å². The molecule has 1 N–H and O–H groups in total. The Morgan fingerprint density at radius 1 is 1.60 bits per heavy atom. The van der Waals surface area contributed by atoms with Gasteiger partial charge in [-0.1, -0.05) is 11.6 Å². The molecular formula is C13H18O2. The standard InChI is InChI=1S/C13H18O2/c1-2-7-13-8-6-11(14)9-10(13)4-3-5-12(13)15/h2,9,12,15H,1,3-8H2/t12-,13-/m0/s1. The quantitative estimate of drug-likeness (QED) is 0.704. The molecule has 0 bridgehead atoms. The highest BCUT2D eigenvalue weighted by atomic mass is 16.3. The van der Waals surface area contributed by atoms with E-state index < -0.39 is 0 Å². The van der Waals surface area contributed by atoms with Crippen molar-refractivity contribution in [3.8, 4) is 0 Å². The number of rotatable bonds is 2. The molecule has 0 heterocycles. The molecule has 2 rings (SSSR count). The largest absolute Gasteiger partial charge is 0.392 e. The molecule has 0 aliphatic heterocycles. The van der Waals surface area contributed by atoms with Crippen LogP contribution in [0.15, 0.2) is 24.3 Å². The number of carbonyl (C=O) groups excluding carboxylic acids is 1. The van der Waals surface area contributed by atoms with Gasteiger partial charge in [0, 0.05) is 11.8 Å². The fourth-order valence-corrected chi connectivity index (χ4v) is 3.01. The summed E-state index contributed by atoms with van der Waals surface area (Å²) in [6, 6.07) is 0. The van der Waals surface area contributed by atoms with Crippen LogP contribution >= 0.6 is 0 Å². The van der Waals surface area contributed by atoms with Gasteiger partial charge in [-0.05, 0) is 38.2 Å². The summed E-state index contributed by atoms with van der Waals surface area (Å²) in [4.78, 5) is 11.4. The van der Waals surface area contributed by atoms with Gasteiger partial charge in [-0.3, -0.25) is 4.79 Å². The van der Waals surface area contributed by atoms with Crippen molar-refractivity contribution in [2.24, 2.45) is 5.41 Å². The predicted molar refractivity (Wildman–Crippen MR) is 59.4 cm³/mol. The fraction of sp³-hybridized carbons (Fsp3) is 0.615. The summed E-state index contributed by atoms with van der Waals surface area (Å²) in [5, 5.41) is 10.2. The van der Waals surface area contributed by atoms with E-state index >= 15 is 0 Å². The number of allylic oxidation sites excluding steroid dienone is 2. The number of aliphatic hydroxyl groups is 1. The third-order valence-electron chi connectivity index (χ3n) is 3.86. The first-order valence-corrected chi connectivity index (χ1v) is 5.72. The molecule has 2 heteroatoms. The first-order valence-electron chi connectivity index (χ1n) is 5.72. The summed E-state index contributed by atoms with van der Waals surface area (Å²) in [5.74, 6) is 0.221. The number of carbonyl (C=O) groups is 1. The molecule has 0 unspecified atom stereocenters. The minimum Gasteiger partial charge on any atom is -0.392 e. The summed E-state index contributed by atoms with van der Waals surface area (Å²) < 4.78 is 0. The van der Waals surface area contributed by atoms with E-state index in [1.54, 1.807) is 6.08 Å². The Morgan fingerprint density at radius 2 is 2.40 bits per heavy atom. The number of aliphatic hydroxyl groups excluding tert-OH is 1. The molecule has 2 nitrogen and oxygen atoms in total. The second kappa shape index (κ2) is 3.93. The molecule has 0 aromatic carbocycles. The van der Waals surface area contributed by atoms with Gasteiger partial charge in [0.25, 0.3) is 0 Å². The summed E-state index contributed by atoms with van der Waals surface area (Å²) in [5.41, 5.74) is 1.01. The smallest absolute Gasteiger partial charge is 0.155 e. The molecule has 2 aliphatic rings. The zero-order chi connectivity index (χ0) is 10.9. The van der Waals surface area contributed by atoms with Gasteiger partial charge in [-0.2, -0.15) is 0 Å². The lowest BCUT2D eigenvalue weighted by molar-refractivity contribution is -0.116. The van der Waals surface area contributed by atoms with E-state index in [0.717, 1.165) is 37.7 Å². The van der Waals surface area contributed by atoms with Crippen molar-refractivity contribution in [3.05, 3.63) is 24.3 Å². The monoisotopic (exact) mass is 206 g/mol. The SMILES string of the molecule is C=CC[C@]12CCC(=O)C=C1CCC[C@@H]2O. The number of hydrogen-bond donors (Lipinski definition) is 1. The summed E-state index contributed by atoms with van der Waals surface area (Å²) in [7, 11) is 0. The highest BCUT2D eigenvalue weighted by Crippen LogP contribution is 2.49. The van der Waals surface area contributed by atoms with Gasteiger partial charge in [0.05, 0.1) is 6.10 Å². The lowest BCUT2D eigenvalue weighted by Crippen LogP contribution is -2.42. The van der Waals surface area contributed by atoms with Gasteiger partial charge in [0.1, 0.15) is 0 Å². The van der Waals surface area contributed by atoms with E-state index in [4.69, 9.17) is 0 Å². The Bertz CT molecular complexity index is 316. The van der Waals surface area contributed by atoms with Gasteiger partial charge in [-0.25, -0.2) is 0 Å². The normalized spacial score (nSPS) is 35.7. The van der Waals surface area contributed by atoms with E-state index in [1.807, 2.05) is 6.08 Å². The first-order chi connectivity index (χ1) is 7.19. The molecule has 0 radical (unpaired) electrons. The Hall–Kier alpha value is -0.890. The fourth-order valence-electron chi connectivity index (χ4n) is 3.01. The molecule has 15 heavy (non-hydrogen) atoms. The zero-order valence-corrected chi connectivity index (χ0v) is 9.04. The molecule has 82 valence electrons. The van der Waals surface area contributed by atoms with Gasteiger partial charge in [0.15, 0.2) is 5.78 Å². The highest BCUT2D eigenvalue weighted by molar-refractivity contribution is 5.91. The Labute approximate surface area is 90.7 Å². The molecule has 0 aromatic heterocycles. The van der Waals surface area contributed by atoms with Gasteiger partial charge in [0.2, 0.25) is 0 Å². The molecular weight excluding hydrogens is 188 g/mol. The van der Waals surface area contributed by atoms with E-state index in [9.17, 15) is 9.90 Å². The molecule has 2 atom stereocenters. The van der Waals surface area contributed by atoms with Gasteiger partial charge in [-0.15, -0.1) is 6.58 Å². The van der Waals surface area contributed by atoms with Crippen LogP contribution in [0.25, 0.3) is 0 Å². The molecule has 0 saturated heterocycles. The molecule has 0 spiro atoms. The Balaban J connectivity index is 2.37. The van der Waals surface area contributed by atoms with Crippen molar-refractivity contribution < 1.29 is 9.90 Å². The summed E-state index contributed by atoms with van der Waals surface area (Å²) in [6.45, 7) is 3.77. The van der Waals surface area contributed by atoms with Gasteiger partial charge < -0.3 is 5.11 Å². The number of ketones is 1. The van der Waals surface area contributed by atoms with Crippen LogP contribution in [0.4, 0.5) is 0 Å². The molecule has 0 aromatic rings. The first kappa shape index (κ1) is 10.6. The summed E-state index contributed by atoms with van der Waals surface area (Å²) >= 11 is 0. The average Bonchev–Trinajstić information content (AvgIpc) is 2.21. The molecule has 2 aliphatic carbocycles. The van der Waals surface area contributed by atoms with Crippen LogP contribution in [-0.2, 0) is 4.79 Å². The highest BCUT2D eigenvalue weighted by Gasteiger charge is 2.44. The van der Waals surface area contributed by atoms with Crippen LogP contribution in [0.5, 0.6) is 0 Å². The van der Waals surface area contributed by atoms with E-state index in [0.29, 0.717) is 6.42 Å². The molecule has 1 fully saturated rings.